The van der Waals surface area contributed by atoms with E-state index in [2.05, 4.69) is 4.74 Å². The highest BCUT2D eigenvalue weighted by molar-refractivity contribution is 5.78. The van der Waals surface area contributed by atoms with E-state index in [-0.39, 0.29) is 0 Å². The molecule has 312 valence electrons. The molecule has 35 heteroatoms. The van der Waals surface area contributed by atoms with E-state index in [4.69, 9.17) is 0 Å². The van der Waals surface area contributed by atoms with Gasteiger partial charge < -0.3 is 4.74 Å². The lowest BCUT2D eigenvalue weighted by Gasteiger charge is -2.44. The van der Waals surface area contributed by atoms with Crippen molar-refractivity contribution in [1.29, 1.82) is 0 Å². The van der Waals surface area contributed by atoms with Crippen molar-refractivity contribution in [3.8, 4) is 0 Å². The molecule has 4 unspecified atom stereocenters. The predicted molar refractivity (Wildman–Crippen MR) is 91.3 cm³/mol. The fourth-order valence-electron chi connectivity index (χ4n) is 2.42. The Labute approximate surface area is 261 Å². The van der Waals surface area contributed by atoms with Gasteiger partial charge in [-0.05, 0) is 6.92 Å². The molecular weight excluding hydrogens is 851 g/mol. The van der Waals surface area contributed by atoms with Crippen molar-refractivity contribution in [2.75, 3.05) is 6.61 Å². The lowest BCUT2D eigenvalue weighted by atomic mass is 10.2. The van der Waals surface area contributed by atoms with Crippen LogP contribution in [0.2, 0.25) is 0 Å². The first kappa shape index (κ1) is 49.3. The van der Waals surface area contributed by atoms with Crippen LogP contribution in [-0.4, -0.2) is 97.2 Å². The molecule has 0 aliphatic rings. The Morgan fingerprint density at radius 3 is 0.827 bits per heavy atom. The molecule has 52 heavy (non-hydrogen) atoms. The Morgan fingerprint density at radius 2 is 0.615 bits per heavy atom. The van der Waals surface area contributed by atoms with E-state index in [1.165, 1.54) is 4.74 Å². The van der Waals surface area contributed by atoms with Gasteiger partial charge in [0.25, 0.3) is 0 Å². The van der Waals surface area contributed by atoms with Crippen LogP contribution in [0.15, 0.2) is 0 Å². The van der Waals surface area contributed by atoms with Crippen molar-refractivity contribution in [1.82, 2.24) is 0 Å². The van der Waals surface area contributed by atoms with Gasteiger partial charge in [0.05, 0.1) is 6.61 Å². The second-order valence-corrected chi connectivity index (χ2v) is 8.64. The van der Waals surface area contributed by atoms with Crippen LogP contribution in [0.5, 0.6) is 0 Å². The van der Waals surface area contributed by atoms with Gasteiger partial charge in [-0.1, -0.05) is 0 Å². The van der Waals surface area contributed by atoms with E-state index in [1.54, 1.807) is 0 Å². The van der Waals surface area contributed by atoms with Crippen molar-refractivity contribution in [2.24, 2.45) is 0 Å². The van der Waals surface area contributed by atoms with Crippen LogP contribution in [0.1, 0.15) is 6.92 Å². The molecule has 0 amide bonds. The van der Waals surface area contributed by atoms with Crippen LogP contribution in [-0.2, 0) is 28.5 Å². The molecule has 0 rings (SSSR count). The fraction of sp³-hybridized carbons (Fsp3) is 0.941. The topological polar surface area (TPSA) is 63.2 Å². The van der Waals surface area contributed by atoms with E-state index in [9.17, 15) is 132 Å². The number of halogens is 29. The van der Waals surface area contributed by atoms with Crippen LogP contribution >= 0.6 is 0 Å². The summed E-state index contributed by atoms with van der Waals surface area (Å²) in [5, 5.41) is 0. The molecule has 0 fully saturated rings. The molecule has 0 aliphatic carbocycles. The van der Waals surface area contributed by atoms with E-state index in [1.807, 2.05) is 0 Å². The number of hydrogen-bond donors (Lipinski definition) is 0. The number of hydrogen-bond acceptors (Lipinski definition) is 6. The molecule has 0 bridgehead atoms. The number of alkyl halides is 29. The summed E-state index contributed by atoms with van der Waals surface area (Å²) >= 11 is 0. The van der Waals surface area contributed by atoms with Gasteiger partial charge in [0, 0.05) is 0 Å². The summed E-state index contributed by atoms with van der Waals surface area (Å²) in [5.74, 6) is -47.0. The second-order valence-electron chi connectivity index (χ2n) is 8.64. The van der Waals surface area contributed by atoms with Gasteiger partial charge in [-0.15, -0.1) is 0 Å². The Morgan fingerprint density at radius 1 is 0.365 bits per heavy atom. The Bertz CT molecular complexity index is 1260. The average molecular weight is 856 g/mol. The monoisotopic (exact) mass is 856 g/mol. The number of carbonyl (C=O) groups excluding carboxylic acids is 1. The maximum Gasteiger partial charge on any atom is 0.462 e. The van der Waals surface area contributed by atoms with Crippen molar-refractivity contribution >= 4 is 5.97 Å². The molecule has 4 atom stereocenters. The summed E-state index contributed by atoms with van der Waals surface area (Å²) in [6.07, 6.45) is -77.4. The van der Waals surface area contributed by atoms with E-state index in [0.29, 0.717) is 6.92 Å². The maximum absolute atomic E-state index is 14.5. The summed E-state index contributed by atoms with van der Waals surface area (Å²) in [7, 11) is 0. The molecule has 0 aromatic heterocycles. The molecular formula is C17H5F29O6. The second kappa shape index (κ2) is 13.2. The highest BCUT2D eigenvalue weighted by Gasteiger charge is 2.90. The first-order chi connectivity index (χ1) is 22.1. The lowest BCUT2D eigenvalue weighted by Crippen LogP contribution is -2.72. The zero-order chi connectivity index (χ0) is 42.8. The third kappa shape index (κ3) is 8.18. The van der Waals surface area contributed by atoms with Crippen molar-refractivity contribution < 1.29 is 156 Å². The molecule has 0 aliphatic heterocycles. The largest absolute Gasteiger partial charge is 0.462 e. The summed E-state index contributed by atoms with van der Waals surface area (Å²) in [4.78, 5) is 11.1. The zero-order valence-corrected chi connectivity index (χ0v) is 22.6. The predicted octanol–water partition coefficient (Wildman–Crippen LogP) is 9.10. The Hall–Kier alpha value is -2.72. The van der Waals surface area contributed by atoms with Gasteiger partial charge in [-0.2, -0.15) is 127 Å². The third-order valence-electron chi connectivity index (χ3n) is 4.92. The minimum atomic E-state index is -9.24. The smallest absolute Gasteiger partial charge is 0.462 e. The molecule has 0 aromatic carbocycles. The zero-order valence-electron chi connectivity index (χ0n) is 22.6. The normalized spacial score (nSPS) is 20.0. The summed E-state index contributed by atoms with van der Waals surface area (Å²) in [5.41, 5.74) is 0. The number of carbonyl (C=O) groups is 1. The van der Waals surface area contributed by atoms with Crippen LogP contribution in [0, 0.1) is 0 Å². The van der Waals surface area contributed by atoms with Crippen LogP contribution in [0.25, 0.3) is 0 Å². The van der Waals surface area contributed by atoms with Gasteiger partial charge in [0.15, 0.2) is 0 Å². The number of rotatable bonds is 14. The van der Waals surface area contributed by atoms with Crippen LogP contribution in [0.3, 0.4) is 0 Å². The molecule has 0 radical (unpaired) electrons. The first-order valence-electron chi connectivity index (χ1n) is 11.0. The van der Waals surface area contributed by atoms with Crippen molar-refractivity contribution in [2.45, 2.75) is 91.6 Å². The molecule has 0 saturated heterocycles. The average Bonchev–Trinajstić information content (AvgIpc) is 2.83. The SMILES string of the molecule is CCOC(=O)C(F)(OC(F)(F)C(F)(OC(F)(F)C(F)(OC(F)(F)C(F)(OC(F)(F)C(F)(F)C(F)(F)F)C(F)(F)F)C(F)(F)F)C(F)(F)F)C(F)(F)F. The van der Waals surface area contributed by atoms with E-state index in [0.717, 1.165) is 14.2 Å². The maximum atomic E-state index is 14.5. The molecule has 6 nitrogen and oxygen atoms in total. The fourth-order valence-corrected chi connectivity index (χ4v) is 2.42. The summed E-state index contributed by atoms with van der Waals surface area (Å²) in [6.45, 7) is -1.33. The summed E-state index contributed by atoms with van der Waals surface area (Å²) < 4.78 is 394. The molecule has 0 spiro atoms. The molecule has 0 N–H and O–H groups in total. The number of esters is 1. The van der Waals surface area contributed by atoms with Crippen LogP contribution < -0.4 is 0 Å². The highest BCUT2D eigenvalue weighted by Crippen LogP contribution is 2.61. The molecule has 0 saturated carbocycles. The Balaban J connectivity index is 7.73. The lowest BCUT2D eigenvalue weighted by molar-refractivity contribution is -0.592. The Kier molecular flexibility index (Phi) is 12.5. The highest BCUT2D eigenvalue weighted by atomic mass is 19.4. The summed E-state index contributed by atoms with van der Waals surface area (Å²) in [6, 6.07) is 0. The van der Waals surface area contributed by atoms with Gasteiger partial charge >= 0.3 is 90.6 Å². The van der Waals surface area contributed by atoms with Gasteiger partial charge in [0.1, 0.15) is 0 Å². The van der Waals surface area contributed by atoms with Crippen molar-refractivity contribution in [3.63, 3.8) is 0 Å². The van der Waals surface area contributed by atoms with Gasteiger partial charge in [0.2, 0.25) is 0 Å². The third-order valence-corrected chi connectivity index (χ3v) is 4.92. The van der Waals surface area contributed by atoms with Crippen molar-refractivity contribution in [3.05, 3.63) is 0 Å². The number of ether oxygens (including phenoxy) is 5. The standard InChI is InChI=1S/C17H5F29O6/c1-2-48-3(47)4(18,9(24,25)26)49-15(41,42)6(21,11(30,31)32)51-17(45,46)8(23,13(36,37)38)52-16(43,44)7(22,12(33,34)35)50-14(39,40)5(19,20)10(27,28)29/h2H2,1H3. The van der Waals surface area contributed by atoms with Crippen LogP contribution in [0.4, 0.5) is 127 Å². The van der Waals surface area contributed by atoms with E-state index < -0.39 is 97.2 Å². The minimum Gasteiger partial charge on any atom is -0.462 e. The molecule has 0 heterocycles. The first-order valence-corrected chi connectivity index (χ1v) is 11.0. The van der Waals surface area contributed by atoms with Gasteiger partial charge in [-0.25, -0.2) is 4.79 Å². The minimum absolute atomic E-state index is 0.318. The van der Waals surface area contributed by atoms with E-state index >= 15 is 0 Å². The molecule has 0 aromatic rings. The quantitative estimate of drug-likeness (QED) is 0.128. The van der Waals surface area contributed by atoms with Gasteiger partial charge in [-0.3, -0.25) is 18.9 Å².